The summed E-state index contributed by atoms with van der Waals surface area (Å²) >= 11 is 0. The van der Waals surface area contributed by atoms with E-state index in [-0.39, 0.29) is 5.63 Å². The molecule has 1 aromatic heterocycles. The Balaban J connectivity index is 2.37. The van der Waals surface area contributed by atoms with E-state index in [1.807, 2.05) is 40.1 Å². The molecular formula is C15H19NO3. The zero-order valence-electron chi connectivity index (χ0n) is 11.8. The van der Waals surface area contributed by atoms with Crippen molar-refractivity contribution in [3.8, 4) is 5.75 Å². The summed E-state index contributed by atoms with van der Waals surface area (Å²) in [5.74, 6) is 0.767. The first kappa shape index (κ1) is 13.6. The van der Waals surface area contributed by atoms with Crippen LogP contribution in [-0.4, -0.2) is 32.1 Å². The first-order valence-corrected chi connectivity index (χ1v) is 6.30. The van der Waals surface area contributed by atoms with Crippen molar-refractivity contribution < 1.29 is 9.15 Å². The molecule has 0 aliphatic heterocycles. The molecule has 0 spiro atoms. The maximum atomic E-state index is 11.5. The molecule has 4 nitrogen and oxygen atoms in total. The predicted octanol–water partition coefficient (Wildman–Crippen LogP) is 2.35. The number of hydrogen-bond acceptors (Lipinski definition) is 4. The lowest BCUT2D eigenvalue weighted by molar-refractivity contribution is 0.260. The van der Waals surface area contributed by atoms with E-state index in [0.717, 1.165) is 28.8 Å². The number of benzene rings is 1. The molecule has 19 heavy (non-hydrogen) atoms. The maximum Gasteiger partial charge on any atom is 0.336 e. The fraction of sp³-hybridized carbons (Fsp3) is 0.400. The molecule has 1 heterocycles. The van der Waals surface area contributed by atoms with Crippen LogP contribution >= 0.6 is 0 Å². The second-order valence-corrected chi connectivity index (χ2v) is 4.97. The van der Waals surface area contributed by atoms with E-state index in [9.17, 15) is 4.79 Å². The lowest BCUT2D eigenvalue weighted by Crippen LogP contribution is -2.19. The van der Waals surface area contributed by atoms with Crippen molar-refractivity contribution >= 4 is 11.0 Å². The SMILES string of the molecule is Cc1cc(=O)oc2c(C)c(OCCN(C)C)ccc12. The summed E-state index contributed by atoms with van der Waals surface area (Å²) in [5.41, 5.74) is 2.09. The van der Waals surface area contributed by atoms with Gasteiger partial charge < -0.3 is 14.1 Å². The van der Waals surface area contributed by atoms with Crippen molar-refractivity contribution in [3.63, 3.8) is 0 Å². The van der Waals surface area contributed by atoms with Crippen LogP contribution in [0.5, 0.6) is 5.75 Å². The van der Waals surface area contributed by atoms with Crippen LogP contribution in [0.3, 0.4) is 0 Å². The van der Waals surface area contributed by atoms with Crippen LogP contribution < -0.4 is 10.4 Å². The molecular weight excluding hydrogens is 242 g/mol. The third-order valence-corrected chi connectivity index (χ3v) is 3.11. The largest absolute Gasteiger partial charge is 0.492 e. The molecule has 102 valence electrons. The second kappa shape index (κ2) is 5.45. The Morgan fingerprint density at radius 1 is 1.26 bits per heavy atom. The summed E-state index contributed by atoms with van der Waals surface area (Å²) in [7, 11) is 4.00. The van der Waals surface area contributed by atoms with Gasteiger partial charge in [-0.25, -0.2) is 4.79 Å². The van der Waals surface area contributed by atoms with Crippen molar-refractivity contribution in [1.82, 2.24) is 4.90 Å². The van der Waals surface area contributed by atoms with Crippen molar-refractivity contribution in [3.05, 3.63) is 39.7 Å². The topological polar surface area (TPSA) is 42.7 Å². The lowest BCUT2D eigenvalue weighted by atomic mass is 10.1. The minimum atomic E-state index is -0.321. The molecule has 0 unspecified atom stereocenters. The molecule has 0 saturated heterocycles. The molecule has 0 aliphatic carbocycles. The third kappa shape index (κ3) is 2.96. The molecule has 0 saturated carbocycles. The Hall–Kier alpha value is -1.81. The van der Waals surface area contributed by atoms with Gasteiger partial charge >= 0.3 is 5.63 Å². The monoisotopic (exact) mass is 261 g/mol. The highest BCUT2D eigenvalue weighted by atomic mass is 16.5. The number of aryl methyl sites for hydroxylation is 2. The van der Waals surface area contributed by atoms with Crippen LogP contribution in [0.2, 0.25) is 0 Å². The average Bonchev–Trinajstić information content (AvgIpc) is 2.32. The summed E-state index contributed by atoms with van der Waals surface area (Å²) in [6.07, 6.45) is 0. The fourth-order valence-corrected chi connectivity index (χ4v) is 1.99. The van der Waals surface area contributed by atoms with E-state index in [4.69, 9.17) is 9.15 Å². The summed E-state index contributed by atoms with van der Waals surface area (Å²) < 4.78 is 11.0. The summed E-state index contributed by atoms with van der Waals surface area (Å²) in [4.78, 5) is 13.5. The first-order valence-electron chi connectivity index (χ1n) is 6.30. The van der Waals surface area contributed by atoms with E-state index >= 15 is 0 Å². The van der Waals surface area contributed by atoms with Crippen LogP contribution in [0.25, 0.3) is 11.0 Å². The Morgan fingerprint density at radius 2 is 2.00 bits per heavy atom. The van der Waals surface area contributed by atoms with Crippen LogP contribution in [0.1, 0.15) is 11.1 Å². The van der Waals surface area contributed by atoms with Crippen molar-refractivity contribution in [2.45, 2.75) is 13.8 Å². The van der Waals surface area contributed by atoms with Gasteiger partial charge in [0, 0.05) is 23.6 Å². The quantitative estimate of drug-likeness (QED) is 0.792. The smallest absolute Gasteiger partial charge is 0.336 e. The van der Waals surface area contributed by atoms with Gasteiger partial charge in [-0.3, -0.25) is 0 Å². The molecule has 0 radical (unpaired) electrons. The molecule has 0 atom stereocenters. The molecule has 0 fully saturated rings. The van der Waals surface area contributed by atoms with Gasteiger partial charge in [0.1, 0.15) is 17.9 Å². The number of fused-ring (bicyclic) bond motifs is 1. The van der Waals surface area contributed by atoms with E-state index in [1.54, 1.807) is 0 Å². The number of rotatable bonds is 4. The summed E-state index contributed by atoms with van der Waals surface area (Å²) in [6.45, 7) is 5.27. The fourth-order valence-electron chi connectivity index (χ4n) is 1.99. The predicted molar refractivity (Wildman–Crippen MR) is 76.0 cm³/mol. The van der Waals surface area contributed by atoms with Gasteiger partial charge in [-0.15, -0.1) is 0 Å². The maximum absolute atomic E-state index is 11.5. The lowest BCUT2D eigenvalue weighted by Gasteiger charge is -2.13. The zero-order chi connectivity index (χ0) is 14.0. The normalized spacial score (nSPS) is 11.2. The van der Waals surface area contributed by atoms with Gasteiger partial charge in [-0.2, -0.15) is 0 Å². The number of hydrogen-bond donors (Lipinski definition) is 0. The van der Waals surface area contributed by atoms with Gasteiger partial charge in [-0.1, -0.05) is 0 Å². The average molecular weight is 261 g/mol. The van der Waals surface area contributed by atoms with E-state index < -0.39 is 0 Å². The Kier molecular flexibility index (Phi) is 3.90. The van der Waals surface area contributed by atoms with Crippen LogP contribution in [0.4, 0.5) is 0 Å². The molecule has 2 aromatic rings. The number of nitrogens with zero attached hydrogens (tertiary/aromatic N) is 1. The van der Waals surface area contributed by atoms with Crippen molar-refractivity contribution in [1.29, 1.82) is 0 Å². The molecule has 1 aromatic carbocycles. The highest BCUT2D eigenvalue weighted by Crippen LogP contribution is 2.27. The second-order valence-electron chi connectivity index (χ2n) is 4.97. The van der Waals surface area contributed by atoms with E-state index in [0.29, 0.717) is 12.2 Å². The Labute approximate surface area is 112 Å². The first-order chi connectivity index (χ1) is 8.99. The van der Waals surface area contributed by atoms with Gasteiger partial charge in [-0.05, 0) is 45.6 Å². The molecule has 0 aliphatic rings. The van der Waals surface area contributed by atoms with Gasteiger partial charge in [0.25, 0.3) is 0 Å². The van der Waals surface area contributed by atoms with Gasteiger partial charge in [0.05, 0.1) is 0 Å². The number of ether oxygens (including phenoxy) is 1. The van der Waals surface area contributed by atoms with E-state index in [2.05, 4.69) is 4.90 Å². The third-order valence-electron chi connectivity index (χ3n) is 3.11. The minimum Gasteiger partial charge on any atom is -0.492 e. The molecule has 0 amide bonds. The van der Waals surface area contributed by atoms with Gasteiger partial charge in [0.15, 0.2) is 0 Å². The van der Waals surface area contributed by atoms with Crippen LogP contribution in [0, 0.1) is 13.8 Å². The van der Waals surface area contributed by atoms with E-state index in [1.165, 1.54) is 6.07 Å². The minimum absolute atomic E-state index is 0.321. The zero-order valence-corrected chi connectivity index (χ0v) is 11.8. The summed E-state index contributed by atoms with van der Waals surface area (Å²) in [6, 6.07) is 5.38. The Bertz CT molecular complexity index is 644. The summed E-state index contributed by atoms with van der Waals surface area (Å²) in [5, 5.41) is 0.956. The molecule has 4 heteroatoms. The van der Waals surface area contributed by atoms with Crippen molar-refractivity contribution in [2.75, 3.05) is 27.2 Å². The van der Waals surface area contributed by atoms with Crippen LogP contribution in [-0.2, 0) is 0 Å². The standard InChI is InChI=1S/C15H19NO3/c1-10-9-14(17)19-15-11(2)13(6-5-12(10)15)18-8-7-16(3)4/h5-6,9H,7-8H2,1-4H3. The number of likely N-dealkylation sites (N-methyl/N-ethyl adjacent to an activating group) is 1. The van der Waals surface area contributed by atoms with Crippen molar-refractivity contribution in [2.24, 2.45) is 0 Å². The molecule has 0 bridgehead atoms. The highest BCUT2D eigenvalue weighted by Gasteiger charge is 2.09. The van der Waals surface area contributed by atoms with Gasteiger partial charge in [0.2, 0.25) is 0 Å². The molecule has 0 N–H and O–H groups in total. The van der Waals surface area contributed by atoms with Crippen LogP contribution in [0.15, 0.2) is 27.4 Å². The Morgan fingerprint density at radius 3 is 2.68 bits per heavy atom. The molecule has 2 rings (SSSR count). The highest BCUT2D eigenvalue weighted by molar-refractivity contribution is 5.84.